The van der Waals surface area contributed by atoms with Gasteiger partial charge >= 0.3 is 5.97 Å². The van der Waals surface area contributed by atoms with Crippen molar-refractivity contribution in [2.75, 3.05) is 13.2 Å². The Morgan fingerprint density at radius 1 is 1.57 bits per heavy atom. The first kappa shape index (κ1) is 10.4. The number of alkyl halides is 1. The van der Waals surface area contributed by atoms with Crippen LogP contribution in [0.25, 0.3) is 0 Å². The number of halogens is 1. The molecule has 2 rings (SSSR count). The Labute approximate surface area is 91.0 Å². The zero-order valence-corrected chi connectivity index (χ0v) is 9.80. The predicted octanol–water partition coefficient (Wildman–Crippen LogP) is 1.22. The first-order valence-corrected chi connectivity index (χ1v) is 5.41. The third kappa shape index (κ3) is 1.30. The molecule has 0 saturated carbocycles. The van der Waals surface area contributed by atoms with Crippen LogP contribution in [0.1, 0.15) is 20.3 Å². The molecule has 2 heterocycles. The summed E-state index contributed by atoms with van der Waals surface area (Å²) in [7, 11) is 0. The Morgan fingerprint density at radius 2 is 2.29 bits per heavy atom. The summed E-state index contributed by atoms with van der Waals surface area (Å²) < 4.78 is 15.9. The molecule has 14 heavy (non-hydrogen) atoms. The number of ether oxygens (including phenoxy) is 3. The molecule has 0 N–H and O–H groups in total. The second-order valence-corrected chi connectivity index (χ2v) is 5.23. The predicted molar refractivity (Wildman–Crippen MR) is 52.1 cm³/mol. The number of esters is 1. The Hall–Kier alpha value is -0.130. The zero-order valence-electron chi connectivity index (χ0n) is 8.21. The highest BCUT2D eigenvalue weighted by molar-refractivity contribution is 9.10. The van der Waals surface area contributed by atoms with Crippen molar-refractivity contribution in [2.45, 2.75) is 36.5 Å². The minimum absolute atomic E-state index is 0.257. The summed E-state index contributed by atoms with van der Waals surface area (Å²) in [5.74, 6) is -0.943. The third-order valence-corrected chi connectivity index (χ3v) is 4.55. The molecule has 5 heteroatoms. The van der Waals surface area contributed by atoms with E-state index in [9.17, 15) is 4.79 Å². The van der Waals surface area contributed by atoms with E-state index >= 15 is 0 Å². The minimum atomic E-state index is -0.660. The molecule has 0 aromatic rings. The van der Waals surface area contributed by atoms with Crippen molar-refractivity contribution in [3.63, 3.8) is 0 Å². The lowest BCUT2D eigenvalue weighted by Crippen LogP contribution is -2.47. The van der Waals surface area contributed by atoms with E-state index in [1.54, 1.807) is 0 Å². The lowest BCUT2D eigenvalue weighted by atomic mass is 9.96. The highest BCUT2D eigenvalue weighted by Crippen LogP contribution is 2.51. The Balaban J connectivity index is 2.19. The first-order chi connectivity index (χ1) is 6.48. The Bertz CT molecular complexity index is 270. The lowest BCUT2D eigenvalue weighted by Gasteiger charge is -2.31. The van der Waals surface area contributed by atoms with Crippen molar-refractivity contribution < 1.29 is 19.0 Å². The molecule has 0 radical (unpaired) electrons. The summed E-state index contributed by atoms with van der Waals surface area (Å²) >= 11 is 3.60. The van der Waals surface area contributed by atoms with Gasteiger partial charge in [-0.1, -0.05) is 15.9 Å². The van der Waals surface area contributed by atoms with Crippen LogP contribution in [0.5, 0.6) is 0 Å². The topological polar surface area (TPSA) is 44.8 Å². The highest BCUT2D eigenvalue weighted by Gasteiger charge is 2.63. The monoisotopic (exact) mass is 264 g/mol. The van der Waals surface area contributed by atoms with Crippen LogP contribution >= 0.6 is 15.9 Å². The van der Waals surface area contributed by atoms with Crippen molar-refractivity contribution in [3.8, 4) is 0 Å². The van der Waals surface area contributed by atoms with Crippen LogP contribution in [0.3, 0.4) is 0 Å². The van der Waals surface area contributed by atoms with Crippen LogP contribution in [0.15, 0.2) is 0 Å². The fourth-order valence-corrected chi connectivity index (χ4v) is 2.67. The molecule has 4 nitrogen and oxygen atoms in total. The third-order valence-electron chi connectivity index (χ3n) is 2.93. The zero-order chi connectivity index (χ0) is 10.4. The average Bonchev–Trinajstić information content (AvgIpc) is 2.47. The second kappa shape index (κ2) is 3.18. The summed E-state index contributed by atoms with van der Waals surface area (Å²) in [6, 6.07) is 0. The van der Waals surface area contributed by atoms with Gasteiger partial charge in [0.2, 0.25) is 0 Å². The molecule has 0 aromatic carbocycles. The van der Waals surface area contributed by atoms with Crippen LogP contribution in [0.4, 0.5) is 0 Å². The van der Waals surface area contributed by atoms with Crippen molar-refractivity contribution in [1.82, 2.24) is 0 Å². The molecule has 2 saturated heterocycles. The van der Waals surface area contributed by atoms with E-state index in [2.05, 4.69) is 15.9 Å². The second-order valence-electron chi connectivity index (χ2n) is 3.82. The van der Waals surface area contributed by atoms with Gasteiger partial charge in [-0.25, -0.2) is 0 Å². The van der Waals surface area contributed by atoms with Gasteiger partial charge in [0.1, 0.15) is 10.4 Å². The maximum atomic E-state index is 10.9. The van der Waals surface area contributed by atoms with E-state index < -0.39 is 5.79 Å². The maximum Gasteiger partial charge on any atom is 0.303 e. The Kier molecular flexibility index (Phi) is 2.36. The van der Waals surface area contributed by atoms with E-state index in [4.69, 9.17) is 14.2 Å². The maximum absolute atomic E-state index is 10.9. The van der Waals surface area contributed by atoms with Gasteiger partial charge in [0.15, 0.2) is 5.79 Å². The average molecular weight is 265 g/mol. The molecule has 0 aromatic heterocycles. The fourth-order valence-electron chi connectivity index (χ4n) is 2.05. The van der Waals surface area contributed by atoms with Crippen LogP contribution in [-0.4, -0.2) is 35.4 Å². The van der Waals surface area contributed by atoms with E-state index in [1.807, 2.05) is 6.92 Å². The molecular formula is C9H13BrO4. The number of hydrogen-bond acceptors (Lipinski definition) is 4. The molecule has 1 unspecified atom stereocenters. The lowest BCUT2D eigenvalue weighted by molar-refractivity contribution is -0.175. The number of carbonyl (C=O) groups is 1. The molecule has 3 atom stereocenters. The van der Waals surface area contributed by atoms with Crippen LogP contribution in [0.2, 0.25) is 0 Å². The number of carbonyl (C=O) groups excluding carboxylic acids is 1. The van der Waals surface area contributed by atoms with Crippen LogP contribution < -0.4 is 0 Å². The molecular weight excluding hydrogens is 252 g/mol. The quantitative estimate of drug-likeness (QED) is 0.528. The van der Waals surface area contributed by atoms with Crippen LogP contribution in [0, 0.1) is 0 Å². The first-order valence-electron chi connectivity index (χ1n) is 4.62. The van der Waals surface area contributed by atoms with E-state index in [1.165, 1.54) is 6.92 Å². The van der Waals surface area contributed by atoms with Crippen molar-refractivity contribution >= 4 is 21.9 Å². The highest BCUT2D eigenvalue weighted by atomic mass is 79.9. The molecule has 0 spiro atoms. The van der Waals surface area contributed by atoms with Crippen molar-refractivity contribution in [2.24, 2.45) is 0 Å². The number of hydrogen-bond donors (Lipinski definition) is 0. The molecule has 0 bridgehead atoms. The van der Waals surface area contributed by atoms with Gasteiger partial charge < -0.3 is 14.2 Å². The largest absolute Gasteiger partial charge is 0.458 e. The van der Waals surface area contributed by atoms with E-state index in [-0.39, 0.29) is 16.4 Å². The Morgan fingerprint density at radius 3 is 2.93 bits per heavy atom. The van der Waals surface area contributed by atoms with Gasteiger partial charge in [-0.05, 0) is 13.3 Å². The summed E-state index contributed by atoms with van der Waals surface area (Å²) in [6.45, 7) is 4.29. The molecule has 2 fully saturated rings. The summed E-state index contributed by atoms with van der Waals surface area (Å²) in [4.78, 5) is 10.9. The van der Waals surface area contributed by atoms with Gasteiger partial charge in [0.25, 0.3) is 0 Å². The molecule has 80 valence electrons. The van der Waals surface area contributed by atoms with Gasteiger partial charge in [-0.15, -0.1) is 0 Å². The van der Waals surface area contributed by atoms with Crippen LogP contribution in [-0.2, 0) is 19.0 Å². The molecule has 0 amide bonds. The van der Waals surface area contributed by atoms with Gasteiger partial charge in [0.05, 0.1) is 13.2 Å². The SMILES string of the molecule is CC(=O)OC1CO[C@@]2(C)OCC[C@@]12Br. The number of rotatable bonds is 1. The van der Waals surface area contributed by atoms with Gasteiger partial charge in [-0.3, -0.25) is 4.79 Å². The molecule has 0 aliphatic carbocycles. The van der Waals surface area contributed by atoms with Crippen molar-refractivity contribution in [1.29, 1.82) is 0 Å². The van der Waals surface area contributed by atoms with Crippen molar-refractivity contribution in [3.05, 3.63) is 0 Å². The normalized spacial score (nSPS) is 46.4. The van der Waals surface area contributed by atoms with Gasteiger partial charge in [0, 0.05) is 6.92 Å². The number of fused-ring (bicyclic) bond motifs is 1. The summed E-state index contributed by atoms with van der Waals surface area (Å²) in [5, 5.41) is 0. The fraction of sp³-hybridized carbons (Fsp3) is 0.889. The van der Waals surface area contributed by atoms with E-state index in [0.717, 1.165) is 6.42 Å². The summed E-state index contributed by atoms with van der Waals surface area (Å²) in [6.07, 6.45) is 0.536. The molecule has 2 aliphatic rings. The summed E-state index contributed by atoms with van der Waals surface area (Å²) in [5.41, 5.74) is 0. The minimum Gasteiger partial charge on any atom is -0.458 e. The standard InChI is InChI=1S/C9H13BrO4/c1-6(11)14-7-5-13-8(2)9(7,10)3-4-12-8/h7H,3-5H2,1-2H3/t7?,8-,9-/m1/s1. The smallest absolute Gasteiger partial charge is 0.303 e. The van der Waals surface area contributed by atoms with E-state index in [0.29, 0.717) is 13.2 Å². The van der Waals surface area contributed by atoms with Gasteiger partial charge in [-0.2, -0.15) is 0 Å². The molecule has 2 aliphatic heterocycles.